The minimum Gasteiger partial charge on any atom is -0.502 e. The molecule has 6 nitrogen and oxygen atoms in total. The van der Waals surface area contributed by atoms with Crippen molar-refractivity contribution in [1.29, 1.82) is 0 Å². The highest BCUT2D eigenvalue weighted by Crippen LogP contribution is 2.33. The van der Waals surface area contributed by atoms with Crippen molar-refractivity contribution in [2.75, 3.05) is 20.6 Å². The van der Waals surface area contributed by atoms with Crippen LogP contribution >= 0.6 is 23.2 Å². The molecule has 1 atom stereocenters. The Balaban J connectivity index is 2.32. The van der Waals surface area contributed by atoms with Gasteiger partial charge in [0.2, 0.25) is 5.75 Å². The van der Waals surface area contributed by atoms with Crippen molar-refractivity contribution in [2.24, 2.45) is 4.99 Å². The van der Waals surface area contributed by atoms with Gasteiger partial charge in [0.05, 0.1) is 17.5 Å². The molecule has 0 fully saturated rings. The molecule has 0 spiro atoms. The van der Waals surface area contributed by atoms with Crippen LogP contribution in [-0.4, -0.2) is 41.8 Å². The molecule has 0 heterocycles. The van der Waals surface area contributed by atoms with Gasteiger partial charge in [-0.1, -0.05) is 29.3 Å². The summed E-state index contributed by atoms with van der Waals surface area (Å²) < 4.78 is 14.2. The van der Waals surface area contributed by atoms with Gasteiger partial charge in [0, 0.05) is 33.5 Å². The van der Waals surface area contributed by atoms with Crippen molar-refractivity contribution in [3.8, 4) is 5.75 Å². The van der Waals surface area contributed by atoms with Crippen LogP contribution in [0.25, 0.3) is 0 Å². The Morgan fingerprint density at radius 3 is 2.65 bits per heavy atom. The molecule has 2 aromatic carbocycles. The Labute approximate surface area is 159 Å². The second kappa shape index (κ2) is 8.44. The lowest BCUT2D eigenvalue weighted by atomic mass is 10.1. The number of nitro benzene ring substituents is 1. The first-order chi connectivity index (χ1) is 12.2. The quantitative estimate of drug-likeness (QED) is 0.441. The van der Waals surface area contributed by atoms with Gasteiger partial charge in [-0.25, -0.2) is 4.39 Å². The SMILES string of the molecule is CN(C)[C@H](CN=Cc1cc(Cl)cc([N+](=O)[O-])c1O)c1c(F)cccc1Cl. The molecule has 0 aromatic heterocycles. The predicted molar refractivity (Wildman–Crippen MR) is 100 cm³/mol. The van der Waals surface area contributed by atoms with E-state index in [1.54, 1.807) is 25.1 Å². The van der Waals surface area contributed by atoms with E-state index in [1.807, 2.05) is 0 Å². The maximum absolute atomic E-state index is 14.2. The fraction of sp³-hybridized carbons (Fsp3) is 0.235. The number of likely N-dealkylation sites (N-methyl/N-ethyl adjacent to an activating group) is 1. The molecule has 2 aromatic rings. The third kappa shape index (κ3) is 4.49. The van der Waals surface area contributed by atoms with E-state index in [9.17, 15) is 19.6 Å². The van der Waals surface area contributed by atoms with E-state index in [0.717, 1.165) is 6.07 Å². The molecule has 0 unspecified atom stereocenters. The number of aliphatic imine (C=N–C) groups is 1. The molecule has 0 bridgehead atoms. The second-order valence-electron chi connectivity index (χ2n) is 5.73. The van der Waals surface area contributed by atoms with Crippen LogP contribution in [-0.2, 0) is 0 Å². The Bertz CT molecular complexity index is 839. The van der Waals surface area contributed by atoms with Crippen LogP contribution in [0.2, 0.25) is 10.0 Å². The first-order valence-electron chi connectivity index (χ1n) is 7.49. The molecule has 0 aliphatic rings. The van der Waals surface area contributed by atoms with Crippen molar-refractivity contribution < 1.29 is 14.4 Å². The number of hydrogen-bond donors (Lipinski definition) is 1. The number of phenols is 1. The average molecular weight is 400 g/mol. The first-order valence-corrected chi connectivity index (χ1v) is 8.25. The number of benzene rings is 2. The molecular formula is C17H16Cl2FN3O3. The van der Waals surface area contributed by atoms with Crippen molar-refractivity contribution in [1.82, 2.24) is 4.90 Å². The summed E-state index contributed by atoms with van der Waals surface area (Å²) in [6, 6.07) is 6.36. The molecule has 138 valence electrons. The standard InChI is InChI=1S/C17H16Cl2FN3O3/c1-22(2)15(16-12(19)4-3-5-13(16)20)9-21-8-10-6-11(18)7-14(17(10)24)23(25)26/h3-8,15,24H,9H2,1-2H3/t15-/m1/s1. The van der Waals surface area contributed by atoms with Gasteiger partial charge in [-0.15, -0.1) is 0 Å². The molecule has 0 saturated heterocycles. The van der Waals surface area contributed by atoms with E-state index in [1.165, 1.54) is 24.4 Å². The number of hydrogen-bond acceptors (Lipinski definition) is 5. The smallest absolute Gasteiger partial charge is 0.312 e. The van der Waals surface area contributed by atoms with Crippen LogP contribution in [0.15, 0.2) is 35.3 Å². The summed E-state index contributed by atoms with van der Waals surface area (Å²) in [7, 11) is 3.51. The maximum Gasteiger partial charge on any atom is 0.312 e. The van der Waals surface area contributed by atoms with Gasteiger partial charge in [0.1, 0.15) is 5.82 Å². The number of phenolic OH excluding ortho intramolecular Hbond substituents is 1. The number of rotatable bonds is 6. The summed E-state index contributed by atoms with van der Waals surface area (Å²) in [6.45, 7) is 0.118. The fourth-order valence-corrected chi connectivity index (χ4v) is 2.95. The molecule has 2 rings (SSSR count). The Hall–Kier alpha value is -2.22. The van der Waals surface area contributed by atoms with Crippen LogP contribution < -0.4 is 0 Å². The summed E-state index contributed by atoms with van der Waals surface area (Å²) in [5, 5.41) is 21.3. The van der Waals surface area contributed by atoms with Crippen LogP contribution in [0, 0.1) is 15.9 Å². The van der Waals surface area contributed by atoms with Crippen LogP contribution in [0.3, 0.4) is 0 Å². The molecule has 0 aliphatic heterocycles. The minimum absolute atomic E-state index is 0.0947. The molecular weight excluding hydrogens is 384 g/mol. The van der Waals surface area contributed by atoms with Gasteiger partial charge < -0.3 is 10.0 Å². The van der Waals surface area contributed by atoms with Crippen molar-refractivity contribution in [3.63, 3.8) is 0 Å². The number of halogens is 3. The largest absolute Gasteiger partial charge is 0.502 e. The van der Waals surface area contributed by atoms with E-state index in [0.29, 0.717) is 5.56 Å². The zero-order valence-electron chi connectivity index (χ0n) is 14.0. The third-order valence-corrected chi connectivity index (χ3v) is 4.29. The third-order valence-electron chi connectivity index (χ3n) is 3.75. The van der Waals surface area contributed by atoms with Crippen molar-refractivity contribution >= 4 is 35.1 Å². The Kier molecular flexibility index (Phi) is 6.52. The summed E-state index contributed by atoms with van der Waals surface area (Å²) in [4.78, 5) is 16.1. The lowest BCUT2D eigenvalue weighted by Crippen LogP contribution is -2.24. The maximum atomic E-state index is 14.2. The van der Waals surface area contributed by atoms with Gasteiger partial charge >= 0.3 is 5.69 Å². The van der Waals surface area contributed by atoms with Crippen LogP contribution in [0.5, 0.6) is 5.75 Å². The summed E-state index contributed by atoms with van der Waals surface area (Å²) in [5.74, 6) is -0.985. The number of aromatic hydroxyl groups is 1. The topological polar surface area (TPSA) is 79.0 Å². The Morgan fingerprint density at radius 2 is 2.08 bits per heavy atom. The summed E-state index contributed by atoms with van der Waals surface area (Å²) >= 11 is 12.0. The monoisotopic (exact) mass is 399 g/mol. The molecule has 0 aliphatic carbocycles. The first kappa shape index (κ1) is 20.1. The van der Waals surface area contributed by atoms with Gasteiger partial charge in [0.25, 0.3) is 0 Å². The van der Waals surface area contributed by atoms with Gasteiger partial charge in [0.15, 0.2) is 0 Å². The predicted octanol–water partition coefficient (Wildman–Crippen LogP) is 4.47. The molecule has 26 heavy (non-hydrogen) atoms. The number of nitro groups is 1. The van der Waals surface area contributed by atoms with E-state index >= 15 is 0 Å². The van der Waals surface area contributed by atoms with Crippen molar-refractivity contribution in [2.45, 2.75) is 6.04 Å². The molecule has 0 saturated carbocycles. The van der Waals surface area contributed by atoms with E-state index in [-0.39, 0.29) is 22.2 Å². The van der Waals surface area contributed by atoms with Crippen LogP contribution in [0.1, 0.15) is 17.2 Å². The van der Waals surface area contributed by atoms with E-state index in [2.05, 4.69) is 4.99 Å². The van der Waals surface area contributed by atoms with Crippen molar-refractivity contribution in [3.05, 3.63) is 67.4 Å². The molecule has 9 heteroatoms. The molecule has 1 N–H and O–H groups in total. The average Bonchev–Trinajstić information content (AvgIpc) is 2.55. The highest BCUT2D eigenvalue weighted by molar-refractivity contribution is 6.31. The van der Waals surface area contributed by atoms with E-state index < -0.39 is 28.2 Å². The van der Waals surface area contributed by atoms with Gasteiger partial charge in [-0.05, 0) is 32.3 Å². The lowest BCUT2D eigenvalue weighted by Gasteiger charge is -2.24. The number of nitrogens with zero attached hydrogens (tertiary/aromatic N) is 3. The summed E-state index contributed by atoms with van der Waals surface area (Å²) in [6.07, 6.45) is 1.26. The highest BCUT2D eigenvalue weighted by atomic mass is 35.5. The zero-order valence-corrected chi connectivity index (χ0v) is 15.5. The Morgan fingerprint density at radius 1 is 1.38 bits per heavy atom. The van der Waals surface area contributed by atoms with Crippen LogP contribution in [0.4, 0.5) is 10.1 Å². The summed E-state index contributed by atoms with van der Waals surface area (Å²) in [5.41, 5.74) is -0.112. The fourth-order valence-electron chi connectivity index (χ4n) is 2.44. The highest BCUT2D eigenvalue weighted by Gasteiger charge is 2.21. The van der Waals surface area contributed by atoms with E-state index in [4.69, 9.17) is 23.2 Å². The molecule has 0 radical (unpaired) electrons. The molecule has 0 amide bonds. The van der Waals surface area contributed by atoms with Gasteiger partial charge in [-0.3, -0.25) is 15.1 Å². The zero-order chi connectivity index (χ0) is 19.4. The van der Waals surface area contributed by atoms with Gasteiger partial charge in [-0.2, -0.15) is 0 Å². The lowest BCUT2D eigenvalue weighted by molar-refractivity contribution is -0.385. The second-order valence-corrected chi connectivity index (χ2v) is 6.57. The minimum atomic E-state index is -0.736. The normalized spacial score (nSPS) is 12.7.